The maximum Gasteiger partial charge on any atom is 0.0733 e. The van der Waals surface area contributed by atoms with Crippen molar-refractivity contribution in [3.05, 3.63) is 245 Å². The van der Waals surface area contributed by atoms with Crippen LogP contribution in [-0.2, 0) is 5.41 Å². The van der Waals surface area contributed by atoms with Crippen molar-refractivity contribution in [2.75, 3.05) is 4.90 Å². The van der Waals surface area contributed by atoms with Crippen LogP contribution in [-0.4, -0.2) is 0 Å². The second-order valence-corrected chi connectivity index (χ2v) is 13.6. The fourth-order valence-electron chi connectivity index (χ4n) is 9.01. The first-order chi connectivity index (χ1) is 25.3. The minimum atomic E-state index is -0.530. The van der Waals surface area contributed by atoms with Crippen molar-refractivity contribution in [3.63, 3.8) is 0 Å². The van der Waals surface area contributed by atoms with E-state index in [1.807, 2.05) is 0 Å². The molecule has 2 aliphatic rings. The molecule has 1 heteroatoms. The molecule has 2 aliphatic carbocycles. The van der Waals surface area contributed by atoms with Gasteiger partial charge >= 0.3 is 0 Å². The van der Waals surface area contributed by atoms with Gasteiger partial charge in [-0.25, -0.2) is 0 Å². The second kappa shape index (κ2) is 11.9. The fraction of sp³-hybridized carbons (Fsp3) is 0.0400. The Hall–Kier alpha value is -6.44. The Morgan fingerprint density at radius 1 is 0.353 bits per heavy atom. The Morgan fingerprint density at radius 3 is 1.55 bits per heavy atom. The summed E-state index contributed by atoms with van der Waals surface area (Å²) in [5.74, 6) is 0.162. The van der Waals surface area contributed by atoms with Crippen LogP contribution in [0.15, 0.2) is 206 Å². The number of fused-ring (bicyclic) bond motifs is 6. The predicted molar refractivity (Wildman–Crippen MR) is 211 cm³/mol. The molecule has 0 saturated heterocycles. The van der Waals surface area contributed by atoms with Gasteiger partial charge in [0.15, 0.2) is 0 Å². The lowest BCUT2D eigenvalue weighted by Crippen LogP contribution is -2.30. The first kappa shape index (κ1) is 29.5. The van der Waals surface area contributed by atoms with E-state index in [9.17, 15) is 0 Å². The highest BCUT2D eigenvalue weighted by Crippen LogP contribution is 2.59. The molecule has 10 rings (SSSR count). The molecule has 0 aromatic heterocycles. The third kappa shape index (κ3) is 4.41. The molecule has 240 valence electrons. The smallest absolute Gasteiger partial charge is 0.0733 e. The molecule has 1 atom stereocenters. The van der Waals surface area contributed by atoms with Crippen molar-refractivity contribution in [1.29, 1.82) is 0 Å². The van der Waals surface area contributed by atoms with Gasteiger partial charge in [0.05, 0.1) is 11.1 Å². The highest BCUT2D eigenvalue weighted by molar-refractivity contribution is 5.91. The second-order valence-electron chi connectivity index (χ2n) is 13.6. The van der Waals surface area contributed by atoms with E-state index in [2.05, 4.69) is 211 Å². The Balaban J connectivity index is 1.26. The summed E-state index contributed by atoms with van der Waals surface area (Å²) in [6, 6.07) is 76.0. The summed E-state index contributed by atoms with van der Waals surface area (Å²) in [7, 11) is 0. The van der Waals surface area contributed by atoms with E-state index < -0.39 is 5.41 Å². The zero-order chi connectivity index (χ0) is 33.8. The molecule has 0 spiro atoms. The van der Waals surface area contributed by atoms with Crippen LogP contribution in [0.2, 0.25) is 0 Å². The van der Waals surface area contributed by atoms with Crippen molar-refractivity contribution < 1.29 is 0 Å². The van der Waals surface area contributed by atoms with Gasteiger partial charge in [-0.15, -0.1) is 0 Å². The number of rotatable bonds is 6. The third-order valence-electron chi connectivity index (χ3n) is 11.0. The van der Waals surface area contributed by atoms with E-state index in [4.69, 9.17) is 0 Å². The summed E-state index contributed by atoms with van der Waals surface area (Å²) in [5.41, 5.74) is 17.3. The van der Waals surface area contributed by atoms with Gasteiger partial charge in [-0.2, -0.15) is 0 Å². The summed E-state index contributed by atoms with van der Waals surface area (Å²) >= 11 is 0. The maximum atomic E-state index is 2.48. The lowest BCUT2D eigenvalue weighted by Gasteiger charge is -2.38. The van der Waals surface area contributed by atoms with Crippen LogP contribution in [0.3, 0.4) is 0 Å². The van der Waals surface area contributed by atoms with Crippen molar-refractivity contribution in [2.24, 2.45) is 0 Å². The van der Waals surface area contributed by atoms with Crippen LogP contribution >= 0.6 is 0 Å². The van der Waals surface area contributed by atoms with Crippen molar-refractivity contribution in [3.8, 4) is 22.3 Å². The average Bonchev–Trinajstić information content (AvgIpc) is 3.70. The van der Waals surface area contributed by atoms with Crippen LogP contribution < -0.4 is 4.90 Å². The minimum absolute atomic E-state index is 0.162. The topological polar surface area (TPSA) is 3.24 Å². The zero-order valence-electron chi connectivity index (χ0n) is 28.2. The first-order valence-electron chi connectivity index (χ1n) is 17.8. The normalized spacial score (nSPS) is 14.6. The van der Waals surface area contributed by atoms with E-state index >= 15 is 0 Å². The summed E-state index contributed by atoms with van der Waals surface area (Å²) < 4.78 is 0. The minimum Gasteiger partial charge on any atom is -0.310 e. The third-order valence-corrected chi connectivity index (χ3v) is 11.0. The average molecular weight is 650 g/mol. The summed E-state index contributed by atoms with van der Waals surface area (Å²) in [4.78, 5) is 2.48. The number of benzene rings is 8. The van der Waals surface area contributed by atoms with Gasteiger partial charge in [0.25, 0.3) is 0 Å². The lowest BCUT2D eigenvalue weighted by molar-refractivity contribution is 0.768. The molecule has 0 heterocycles. The van der Waals surface area contributed by atoms with Crippen LogP contribution in [0.4, 0.5) is 17.1 Å². The molecular weight excluding hydrogens is 615 g/mol. The largest absolute Gasteiger partial charge is 0.310 e. The highest BCUT2D eigenvalue weighted by Gasteiger charge is 2.47. The van der Waals surface area contributed by atoms with Gasteiger partial charge in [0, 0.05) is 17.3 Å². The Bertz CT molecular complexity index is 2490. The number of para-hydroxylation sites is 2. The van der Waals surface area contributed by atoms with E-state index in [0.717, 1.165) is 17.1 Å². The fourth-order valence-corrected chi connectivity index (χ4v) is 9.01. The van der Waals surface area contributed by atoms with Crippen LogP contribution in [0.1, 0.15) is 44.9 Å². The first-order valence-corrected chi connectivity index (χ1v) is 17.8. The maximum absolute atomic E-state index is 2.48. The van der Waals surface area contributed by atoms with Crippen LogP contribution in [0, 0.1) is 0 Å². The number of anilines is 3. The summed E-state index contributed by atoms with van der Waals surface area (Å²) in [6.07, 6.45) is 0. The molecule has 1 nitrogen and oxygen atoms in total. The molecule has 0 N–H and O–H groups in total. The van der Waals surface area contributed by atoms with Crippen molar-refractivity contribution in [1.82, 2.24) is 0 Å². The number of hydrogen-bond donors (Lipinski definition) is 0. The summed E-state index contributed by atoms with van der Waals surface area (Å²) in [5, 5.41) is 0. The summed E-state index contributed by atoms with van der Waals surface area (Å²) in [6.45, 7) is 0. The van der Waals surface area contributed by atoms with Gasteiger partial charge in [0.1, 0.15) is 0 Å². The van der Waals surface area contributed by atoms with Gasteiger partial charge in [-0.1, -0.05) is 176 Å². The Morgan fingerprint density at radius 2 is 0.863 bits per heavy atom. The molecule has 0 bridgehead atoms. The molecule has 1 unspecified atom stereocenters. The van der Waals surface area contributed by atoms with E-state index in [1.54, 1.807) is 0 Å². The Kier molecular flexibility index (Phi) is 6.85. The monoisotopic (exact) mass is 649 g/mol. The van der Waals surface area contributed by atoms with Crippen molar-refractivity contribution in [2.45, 2.75) is 11.3 Å². The highest BCUT2D eigenvalue weighted by atomic mass is 15.1. The van der Waals surface area contributed by atoms with Crippen LogP contribution in [0.5, 0.6) is 0 Å². The van der Waals surface area contributed by atoms with E-state index in [0.29, 0.717) is 0 Å². The SMILES string of the molecule is c1ccc(C2c3ccccc3-c3ccc(N(c4ccccc4)c4ccccc4C4(c5ccccc5)c5ccccc5-c5ccccc54)cc32)cc1. The predicted octanol–water partition coefficient (Wildman–Crippen LogP) is 12.7. The van der Waals surface area contributed by atoms with Gasteiger partial charge in [-0.3, -0.25) is 0 Å². The van der Waals surface area contributed by atoms with Gasteiger partial charge in [-0.05, 0) is 91.5 Å². The number of hydrogen-bond acceptors (Lipinski definition) is 1. The standard InChI is InChI=1S/C50H35N/c1-4-18-35(19-5-1)49-43-27-11-10-24-39(43)40-33-32-38(34-44(40)49)51(37-22-8-3-9-23-37)48-31-17-16-30-47(48)50(36-20-6-2-7-21-36)45-28-14-12-25-41(45)42-26-13-15-29-46(42)50/h1-34,49H. The van der Waals surface area contributed by atoms with Crippen LogP contribution in [0.25, 0.3) is 22.3 Å². The molecule has 0 amide bonds. The zero-order valence-corrected chi connectivity index (χ0v) is 28.2. The molecular formula is C50H35N. The molecule has 8 aromatic rings. The quantitative estimate of drug-likeness (QED) is 0.173. The Labute approximate surface area is 299 Å². The molecule has 51 heavy (non-hydrogen) atoms. The molecule has 0 radical (unpaired) electrons. The van der Waals surface area contributed by atoms with Gasteiger partial charge < -0.3 is 4.90 Å². The van der Waals surface area contributed by atoms with E-state index in [1.165, 1.54) is 61.2 Å². The van der Waals surface area contributed by atoms with Gasteiger partial charge in [0.2, 0.25) is 0 Å². The molecule has 0 fully saturated rings. The van der Waals surface area contributed by atoms with Crippen molar-refractivity contribution >= 4 is 17.1 Å². The molecule has 8 aromatic carbocycles. The molecule has 0 saturated carbocycles. The molecule has 0 aliphatic heterocycles. The number of nitrogens with zero attached hydrogens (tertiary/aromatic N) is 1. The van der Waals surface area contributed by atoms with E-state index in [-0.39, 0.29) is 5.92 Å². The lowest BCUT2D eigenvalue weighted by atomic mass is 9.67.